The van der Waals surface area contributed by atoms with Gasteiger partial charge in [0, 0.05) is 0 Å². The maximum atomic E-state index is 11.3. The first-order valence-corrected chi connectivity index (χ1v) is 10.4. The van der Waals surface area contributed by atoms with E-state index in [9.17, 15) is 14.7 Å². The second-order valence-electron chi connectivity index (χ2n) is 10.1. The summed E-state index contributed by atoms with van der Waals surface area (Å²) < 4.78 is 1.00. The van der Waals surface area contributed by atoms with Crippen LogP contribution in [0.25, 0.3) is 10.6 Å². The van der Waals surface area contributed by atoms with Crippen molar-refractivity contribution in [1.29, 1.82) is 0 Å². The summed E-state index contributed by atoms with van der Waals surface area (Å²) in [4.78, 5) is 24.5. The smallest absolute Gasteiger partial charge is 0.850 e. The van der Waals surface area contributed by atoms with Crippen LogP contribution in [0.3, 0.4) is 0 Å². The summed E-state index contributed by atoms with van der Waals surface area (Å²) in [6.07, 6.45) is 0. The van der Waals surface area contributed by atoms with Crippen LogP contribution in [0.2, 0.25) is 0 Å². The molecule has 2 N–H and O–H groups in total. The Morgan fingerprint density at radius 2 is 1.10 bits per heavy atom. The molecule has 0 atom stereocenters. The standard InChI is InChI=1S/C13H29N5O2.C4H12N.C4H9O.Ni/c1-10(2)16-12(19)14-6-8-18(5)9-7-15-13(20)17-11(3)4;1-5(2,3)4;1-4(2,3)5;/h10-11H,6-9H2,1-5H3,(H4,14,15,16,17,19,20);1-4H3;1-3H3;/q;+1;-1;+3/p-2. The minimum absolute atomic E-state index is 0. The normalized spacial score (nSPS) is 10.8. The summed E-state index contributed by atoms with van der Waals surface area (Å²) in [7, 11) is 10.4. The van der Waals surface area contributed by atoms with Crippen LogP contribution in [0, 0.1) is 0 Å². The zero-order chi connectivity index (χ0) is 24.5. The van der Waals surface area contributed by atoms with Gasteiger partial charge in [0.2, 0.25) is 0 Å². The van der Waals surface area contributed by atoms with Crippen molar-refractivity contribution in [3.8, 4) is 0 Å². The zero-order valence-electron chi connectivity index (χ0n) is 21.8. The van der Waals surface area contributed by atoms with Crippen LogP contribution >= 0.6 is 0 Å². The van der Waals surface area contributed by atoms with Crippen LogP contribution in [0.5, 0.6) is 0 Å². The number of hydrogen-bond acceptors (Lipinski definition) is 4. The number of quaternary nitrogens is 1. The summed E-state index contributed by atoms with van der Waals surface area (Å²) in [6.45, 7) is 14.7. The fraction of sp³-hybridized carbons (Fsp3) is 0.905. The van der Waals surface area contributed by atoms with Crippen molar-refractivity contribution < 1.29 is 35.7 Å². The van der Waals surface area contributed by atoms with Gasteiger partial charge in [-0.05, 0) is 45.3 Å². The number of nitrogens with zero attached hydrogens (tertiary/aromatic N) is 4. The molecule has 1 radical (unpaired) electrons. The summed E-state index contributed by atoms with van der Waals surface area (Å²) in [6, 6.07) is -0.367. The Kier molecular flexibility index (Phi) is 23.5. The largest absolute Gasteiger partial charge is 3.00 e. The van der Waals surface area contributed by atoms with Crippen LogP contribution in [0.1, 0.15) is 48.5 Å². The van der Waals surface area contributed by atoms with Gasteiger partial charge in [-0.25, -0.2) is 0 Å². The van der Waals surface area contributed by atoms with Gasteiger partial charge < -0.3 is 35.8 Å². The molecule has 0 aliphatic heterocycles. The minimum atomic E-state index is -0.750. The van der Waals surface area contributed by atoms with Gasteiger partial charge in [-0.1, -0.05) is 48.5 Å². The molecule has 31 heavy (non-hydrogen) atoms. The number of urea groups is 2. The van der Waals surface area contributed by atoms with Gasteiger partial charge in [0.15, 0.2) is 12.1 Å². The van der Waals surface area contributed by atoms with Crippen molar-refractivity contribution in [2.75, 3.05) is 61.4 Å². The van der Waals surface area contributed by atoms with E-state index in [1.807, 2.05) is 39.6 Å². The summed E-state index contributed by atoms with van der Waals surface area (Å²) >= 11 is 0. The van der Waals surface area contributed by atoms with Crippen molar-refractivity contribution >= 4 is 12.1 Å². The molecule has 4 amide bonds. The average Bonchev–Trinajstić information content (AvgIpc) is 2.41. The van der Waals surface area contributed by atoms with Crippen molar-refractivity contribution in [2.24, 2.45) is 0 Å². The van der Waals surface area contributed by atoms with E-state index in [2.05, 4.69) is 49.5 Å². The molecule has 0 aliphatic rings. The fourth-order valence-electron chi connectivity index (χ4n) is 1.34. The molecule has 0 saturated heterocycles. The van der Waals surface area contributed by atoms with E-state index in [1.54, 1.807) is 20.8 Å². The van der Waals surface area contributed by atoms with Crippen molar-refractivity contribution in [2.45, 2.75) is 66.2 Å². The molecule has 0 heterocycles. The van der Waals surface area contributed by atoms with E-state index in [0.717, 1.165) is 4.48 Å². The molecule has 10 heteroatoms. The van der Waals surface area contributed by atoms with Crippen LogP contribution in [0.4, 0.5) is 9.59 Å². The van der Waals surface area contributed by atoms with Crippen LogP contribution in [-0.4, -0.2) is 101 Å². The molecule has 0 rings (SSSR count). The third kappa shape index (κ3) is 58.5. The van der Waals surface area contributed by atoms with E-state index < -0.39 is 5.60 Å². The first-order valence-electron chi connectivity index (χ1n) is 10.4. The number of rotatable bonds is 8. The van der Waals surface area contributed by atoms with Crippen LogP contribution in [-0.2, 0) is 16.5 Å². The maximum Gasteiger partial charge on any atom is 3.00 e. The second-order valence-corrected chi connectivity index (χ2v) is 10.1. The number of amides is 4. The molecule has 0 aromatic rings. The predicted octanol–water partition coefficient (Wildman–Crippen LogP) is 2.37. The quantitative estimate of drug-likeness (QED) is 0.401. The number of likely N-dealkylation sites (N-methyl/N-ethyl adjacent to an activating group) is 1. The molecule has 0 aliphatic carbocycles. The first kappa shape index (κ1) is 37.2. The number of hydrogen-bond donors (Lipinski definition) is 2. The Bertz CT molecular complexity index is 397. The molecular weight excluding hydrogens is 443 g/mol. The van der Waals surface area contributed by atoms with Crippen LogP contribution < -0.4 is 15.7 Å². The van der Waals surface area contributed by atoms with Gasteiger partial charge in [-0.2, -0.15) is 0 Å². The van der Waals surface area contributed by atoms with Gasteiger partial charge in [0.05, 0.1) is 28.2 Å². The Morgan fingerprint density at radius 3 is 1.29 bits per heavy atom. The molecule has 0 unspecified atom stereocenters. The topological polar surface area (TPSA) is 113 Å². The van der Waals surface area contributed by atoms with E-state index in [4.69, 9.17) is 0 Å². The van der Waals surface area contributed by atoms with Gasteiger partial charge in [0.1, 0.15) is 0 Å². The molecule has 0 aromatic carbocycles. The second kappa shape index (κ2) is 19.6. The molecule has 189 valence electrons. The summed E-state index contributed by atoms with van der Waals surface area (Å²) in [5, 5.41) is 23.3. The Hall–Kier alpha value is -1.09. The monoisotopic (exact) mass is 490 g/mol. The van der Waals surface area contributed by atoms with Crippen molar-refractivity contribution in [1.82, 2.24) is 15.5 Å². The Labute approximate surface area is 201 Å². The van der Waals surface area contributed by atoms with E-state index in [0.29, 0.717) is 26.2 Å². The fourth-order valence-corrected chi connectivity index (χ4v) is 1.34. The molecule has 0 bridgehead atoms. The van der Waals surface area contributed by atoms with Gasteiger partial charge in [-0.15, -0.1) is 5.60 Å². The maximum absolute atomic E-state index is 11.3. The molecule has 0 saturated carbocycles. The average molecular weight is 491 g/mol. The van der Waals surface area contributed by atoms with E-state index in [-0.39, 0.29) is 40.6 Å². The van der Waals surface area contributed by atoms with E-state index >= 15 is 0 Å². The van der Waals surface area contributed by atoms with E-state index in [1.165, 1.54) is 0 Å². The Balaban J connectivity index is -0.000000275. The molecular formula is C21H48N6NiO3+. The molecule has 9 nitrogen and oxygen atoms in total. The first-order chi connectivity index (χ1) is 13.3. The third-order valence-corrected chi connectivity index (χ3v) is 2.30. The number of carbonyl (C=O) groups is 2. The van der Waals surface area contributed by atoms with Crippen molar-refractivity contribution in [3.05, 3.63) is 10.6 Å². The molecule has 0 fully saturated rings. The van der Waals surface area contributed by atoms with Gasteiger partial charge in [-0.3, -0.25) is 9.59 Å². The summed E-state index contributed by atoms with van der Waals surface area (Å²) in [5.41, 5.74) is -0.750. The zero-order valence-corrected chi connectivity index (χ0v) is 22.8. The minimum Gasteiger partial charge on any atom is -0.850 e. The van der Waals surface area contributed by atoms with Gasteiger partial charge in [0.25, 0.3) is 0 Å². The molecule has 0 spiro atoms. The van der Waals surface area contributed by atoms with Crippen LogP contribution in [0.15, 0.2) is 0 Å². The summed E-state index contributed by atoms with van der Waals surface area (Å²) in [5.74, 6) is 0. The van der Waals surface area contributed by atoms with Gasteiger partial charge >= 0.3 is 16.5 Å². The predicted molar refractivity (Wildman–Crippen MR) is 125 cm³/mol. The Morgan fingerprint density at radius 1 is 0.871 bits per heavy atom. The molecule has 0 aromatic heterocycles. The SMILES string of the molecule is CC(C)(C)[O-].CC(C)NC(=O)[N-]CCN(C)CC[N-]C(=O)NC(C)C.C[N+](C)(C)C.[Ni+3]. The number of nitrogens with one attached hydrogen (secondary N) is 2. The number of carbonyl (C=O) groups excluding carboxylic acids is 2. The van der Waals surface area contributed by atoms with Crippen molar-refractivity contribution in [3.63, 3.8) is 0 Å². The third-order valence-electron chi connectivity index (χ3n) is 2.30.